The summed E-state index contributed by atoms with van der Waals surface area (Å²) < 4.78 is 0. The number of amides is 2. The Hall–Kier alpha value is -3.14. The lowest BCUT2D eigenvalue weighted by atomic mass is 9.99. The Morgan fingerprint density at radius 3 is 1.91 bits per heavy atom. The number of carbonyl (C=O) groups is 2. The summed E-state index contributed by atoms with van der Waals surface area (Å²) in [4.78, 5) is 22.6. The highest BCUT2D eigenvalue weighted by molar-refractivity contribution is 5.99. The van der Waals surface area contributed by atoms with Crippen LogP contribution in [-0.4, -0.2) is 11.8 Å². The van der Waals surface area contributed by atoms with E-state index in [1.807, 2.05) is 49.4 Å². The molecule has 0 saturated carbocycles. The van der Waals surface area contributed by atoms with E-state index in [4.69, 9.17) is 0 Å². The average molecular weight is 306 g/mol. The number of anilines is 2. The molecule has 0 aliphatic heterocycles. The van der Waals surface area contributed by atoms with Crippen LogP contribution in [0.25, 0.3) is 11.1 Å². The number of rotatable bonds is 5. The Balaban J connectivity index is 2.21. The van der Waals surface area contributed by atoms with Gasteiger partial charge in [0, 0.05) is 11.4 Å². The molecule has 0 aliphatic carbocycles. The van der Waals surface area contributed by atoms with Crippen molar-refractivity contribution >= 4 is 23.2 Å². The summed E-state index contributed by atoms with van der Waals surface area (Å²) in [6, 6.07) is 13.2. The van der Waals surface area contributed by atoms with E-state index in [0.717, 1.165) is 22.4 Å². The molecule has 4 nitrogen and oxygen atoms in total. The summed E-state index contributed by atoms with van der Waals surface area (Å²) in [5.41, 5.74) is 4.57. The Kier molecular flexibility index (Phi) is 5.10. The zero-order chi connectivity index (χ0) is 16.8. The van der Waals surface area contributed by atoms with Gasteiger partial charge in [-0.05, 0) is 60.0 Å². The predicted octanol–water partition coefficient (Wildman–Crippen LogP) is 3.91. The van der Waals surface area contributed by atoms with E-state index in [0.29, 0.717) is 5.69 Å². The van der Waals surface area contributed by atoms with Gasteiger partial charge in [0.15, 0.2) is 0 Å². The number of carbonyl (C=O) groups excluding carboxylic acids is 2. The van der Waals surface area contributed by atoms with Crippen LogP contribution in [0.5, 0.6) is 0 Å². The Labute approximate surface area is 135 Å². The first-order valence-electron chi connectivity index (χ1n) is 7.11. The summed E-state index contributed by atoms with van der Waals surface area (Å²) >= 11 is 0. The smallest absolute Gasteiger partial charge is 0.247 e. The van der Waals surface area contributed by atoms with Crippen molar-refractivity contribution in [2.24, 2.45) is 0 Å². The van der Waals surface area contributed by atoms with Crippen molar-refractivity contribution in [1.29, 1.82) is 0 Å². The molecule has 0 aromatic heterocycles. The lowest BCUT2D eigenvalue weighted by Crippen LogP contribution is -2.07. The fourth-order valence-corrected chi connectivity index (χ4v) is 2.19. The first-order chi connectivity index (χ1) is 11.0. The molecular formula is C19H18N2O2. The molecular weight excluding hydrogens is 288 g/mol. The second-order valence-electron chi connectivity index (χ2n) is 4.99. The number of aryl methyl sites for hydroxylation is 1. The fourth-order valence-electron chi connectivity index (χ4n) is 2.19. The van der Waals surface area contributed by atoms with Crippen LogP contribution in [0.3, 0.4) is 0 Å². The van der Waals surface area contributed by atoms with Gasteiger partial charge in [-0.25, -0.2) is 0 Å². The molecule has 0 atom stereocenters. The maximum atomic E-state index is 11.3. The van der Waals surface area contributed by atoms with Crippen LogP contribution in [0.1, 0.15) is 5.56 Å². The maximum Gasteiger partial charge on any atom is 0.247 e. The monoisotopic (exact) mass is 306 g/mol. The van der Waals surface area contributed by atoms with Crippen molar-refractivity contribution in [1.82, 2.24) is 0 Å². The summed E-state index contributed by atoms with van der Waals surface area (Å²) in [6.45, 7) is 8.83. The van der Waals surface area contributed by atoms with Gasteiger partial charge in [-0.2, -0.15) is 0 Å². The summed E-state index contributed by atoms with van der Waals surface area (Å²) in [6.07, 6.45) is 2.47. The lowest BCUT2D eigenvalue weighted by Gasteiger charge is -2.10. The van der Waals surface area contributed by atoms with Crippen molar-refractivity contribution < 1.29 is 9.59 Å². The topological polar surface area (TPSA) is 58.2 Å². The molecule has 2 aromatic carbocycles. The van der Waals surface area contributed by atoms with Gasteiger partial charge in [0.25, 0.3) is 0 Å². The van der Waals surface area contributed by atoms with Crippen LogP contribution in [0, 0.1) is 6.92 Å². The molecule has 0 bridgehead atoms. The third-order valence-corrected chi connectivity index (χ3v) is 3.33. The molecule has 2 aromatic rings. The maximum absolute atomic E-state index is 11.3. The molecule has 0 radical (unpaired) electrons. The Bertz CT molecular complexity index is 761. The molecule has 2 rings (SSSR count). The molecule has 0 heterocycles. The van der Waals surface area contributed by atoms with Crippen LogP contribution in [0.2, 0.25) is 0 Å². The normalized spacial score (nSPS) is 9.78. The zero-order valence-corrected chi connectivity index (χ0v) is 12.9. The summed E-state index contributed by atoms with van der Waals surface area (Å²) in [7, 11) is 0. The van der Waals surface area contributed by atoms with Crippen molar-refractivity contribution in [2.45, 2.75) is 6.92 Å². The van der Waals surface area contributed by atoms with Gasteiger partial charge in [0.2, 0.25) is 11.8 Å². The van der Waals surface area contributed by atoms with Gasteiger partial charge >= 0.3 is 0 Å². The Morgan fingerprint density at radius 2 is 1.39 bits per heavy atom. The largest absolute Gasteiger partial charge is 0.323 e. The first-order valence-corrected chi connectivity index (χ1v) is 7.11. The number of hydrogen-bond acceptors (Lipinski definition) is 2. The van der Waals surface area contributed by atoms with Crippen molar-refractivity contribution in [2.75, 3.05) is 10.6 Å². The molecule has 0 fully saturated rings. The van der Waals surface area contributed by atoms with Crippen molar-refractivity contribution in [3.63, 3.8) is 0 Å². The molecule has 0 aliphatic rings. The molecule has 2 N–H and O–H groups in total. The molecule has 23 heavy (non-hydrogen) atoms. The van der Waals surface area contributed by atoms with Gasteiger partial charge in [0.05, 0.1) is 0 Å². The minimum absolute atomic E-state index is 0.237. The fraction of sp³-hybridized carbons (Fsp3) is 0.0526. The van der Waals surface area contributed by atoms with E-state index in [-0.39, 0.29) is 11.8 Å². The van der Waals surface area contributed by atoms with Crippen LogP contribution in [0.15, 0.2) is 67.8 Å². The average Bonchev–Trinajstić information content (AvgIpc) is 2.55. The quantitative estimate of drug-likeness (QED) is 0.823. The SMILES string of the molecule is C=CC(=O)Nc1ccc(-c2ccc(NC(=O)C=C)cc2C)cc1. The lowest BCUT2D eigenvalue weighted by molar-refractivity contribution is -0.112. The summed E-state index contributed by atoms with van der Waals surface area (Å²) in [5, 5.41) is 5.44. The molecule has 0 saturated heterocycles. The van der Waals surface area contributed by atoms with Gasteiger partial charge in [-0.3, -0.25) is 9.59 Å². The van der Waals surface area contributed by atoms with Gasteiger partial charge in [0.1, 0.15) is 0 Å². The van der Waals surface area contributed by atoms with E-state index >= 15 is 0 Å². The first kappa shape index (κ1) is 16.2. The van der Waals surface area contributed by atoms with E-state index in [1.54, 1.807) is 0 Å². The van der Waals surface area contributed by atoms with E-state index in [2.05, 4.69) is 23.8 Å². The highest BCUT2D eigenvalue weighted by atomic mass is 16.2. The van der Waals surface area contributed by atoms with Crippen LogP contribution < -0.4 is 10.6 Å². The second-order valence-corrected chi connectivity index (χ2v) is 4.99. The minimum Gasteiger partial charge on any atom is -0.323 e. The van der Waals surface area contributed by atoms with E-state index in [1.165, 1.54) is 12.2 Å². The predicted molar refractivity (Wildman–Crippen MR) is 94.3 cm³/mol. The van der Waals surface area contributed by atoms with Crippen LogP contribution in [-0.2, 0) is 9.59 Å². The molecule has 4 heteroatoms. The van der Waals surface area contributed by atoms with Crippen molar-refractivity contribution in [3.05, 3.63) is 73.3 Å². The third-order valence-electron chi connectivity index (χ3n) is 3.33. The van der Waals surface area contributed by atoms with Crippen LogP contribution in [0.4, 0.5) is 11.4 Å². The third kappa shape index (κ3) is 4.17. The minimum atomic E-state index is -0.240. The second kappa shape index (κ2) is 7.22. The van der Waals surface area contributed by atoms with E-state index < -0.39 is 0 Å². The molecule has 116 valence electrons. The Morgan fingerprint density at radius 1 is 0.870 bits per heavy atom. The molecule has 0 spiro atoms. The van der Waals surface area contributed by atoms with Gasteiger partial charge in [-0.1, -0.05) is 31.4 Å². The number of hydrogen-bond donors (Lipinski definition) is 2. The summed E-state index contributed by atoms with van der Waals surface area (Å²) in [5.74, 6) is -0.476. The van der Waals surface area contributed by atoms with Crippen LogP contribution >= 0.6 is 0 Å². The van der Waals surface area contributed by atoms with Gasteiger partial charge in [-0.15, -0.1) is 0 Å². The standard InChI is InChI=1S/C19H18N2O2/c1-4-18(22)20-15-8-6-14(7-9-15)17-11-10-16(12-13(17)3)21-19(23)5-2/h4-12H,1-2H2,3H3,(H,20,22)(H,21,23). The number of benzene rings is 2. The van der Waals surface area contributed by atoms with E-state index in [9.17, 15) is 9.59 Å². The highest BCUT2D eigenvalue weighted by Crippen LogP contribution is 2.27. The highest BCUT2D eigenvalue weighted by Gasteiger charge is 2.05. The number of nitrogens with one attached hydrogen (secondary N) is 2. The molecule has 2 amide bonds. The van der Waals surface area contributed by atoms with Gasteiger partial charge < -0.3 is 10.6 Å². The molecule has 0 unspecified atom stereocenters. The van der Waals surface area contributed by atoms with Crippen molar-refractivity contribution in [3.8, 4) is 11.1 Å². The zero-order valence-electron chi connectivity index (χ0n) is 12.9.